The van der Waals surface area contributed by atoms with E-state index in [0.29, 0.717) is 37.0 Å². The van der Waals surface area contributed by atoms with E-state index in [1.807, 2.05) is 13.0 Å². The summed E-state index contributed by atoms with van der Waals surface area (Å²) in [7, 11) is 0. The normalized spacial score (nSPS) is 17.1. The smallest absolute Gasteiger partial charge is 0.274 e. The van der Waals surface area contributed by atoms with Gasteiger partial charge in [0.25, 0.3) is 5.91 Å². The molecule has 0 unspecified atom stereocenters. The van der Waals surface area contributed by atoms with Crippen LogP contribution in [0.25, 0.3) is 11.3 Å². The summed E-state index contributed by atoms with van der Waals surface area (Å²) in [5.74, 6) is 0.596. The molecular formula is C26H31N7O3S. The summed E-state index contributed by atoms with van der Waals surface area (Å²) < 4.78 is 7.10. The van der Waals surface area contributed by atoms with E-state index in [2.05, 4.69) is 26.9 Å². The number of nitrogens with one attached hydrogen (secondary N) is 1. The first kappa shape index (κ1) is 25.2. The first-order valence-electron chi connectivity index (χ1n) is 12.4. The number of allylic oxidation sites excluding steroid dienone is 1. The fourth-order valence-electron chi connectivity index (χ4n) is 4.10. The molecule has 1 saturated heterocycles. The fraction of sp³-hybridized carbons (Fsp3) is 0.423. The summed E-state index contributed by atoms with van der Waals surface area (Å²) in [5, 5.41) is 17.7. The second kappa shape index (κ2) is 10.9. The number of carbonyl (C=O) groups excluding carboxylic acids is 1. The highest BCUT2D eigenvalue weighted by Crippen LogP contribution is 2.37. The van der Waals surface area contributed by atoms with Gasteiger partial charge in [-0.1, -0.05) is 24.0 Å². The van der Waals surface area contributed by atoms with Crippen LogP contribution in [-0.4, -0.2) is 68.9 Å². The van der Waals surface area contributed by atoms with Gasteiger partial charge >= 0.3 is 0 Å². The number of ether oxygens (including phenoxy) is 1. The highest BCUT2D eigenvalue weighted by atomic mass is 32.1. The van der Waals surface area contributed by atoms with E-state index in [0.717, 1.165) is 47.2 Å². The maximum absolute atomic E-state index is 13.1. The van der Waals surface area contributed by atoms with E-state index in [1.54, 1.807) is 47.5 Å². The Morgan fingerprint density at radius 3 is 2.84 bits per heavy atom. The van der Waals surface area contributed by atoms with E-state index in [9.17, 15) is 9.90 Å². The zero-order chi connectivity index (χ0) is 25.9. The van der Waals surface area contributed by atoms with Crippen LogP contribution in [0.1, 0.15) is 35.1 Å². The first-order valence-corrected chi connectivity index (χ1v) is 13.3. The Hall–Kier alpha value is -3.41. The Labute approximate surface area is 219 Å². The van der Waals surface area contributed by atoms with E-state index < -0.39 is 6.10 Å². The van der Waals surface area contributed by atoms with Gasteiger partial charge in [-0.2, -0.15) is 5.10 Å². The zero-order valence-electron chi connectivity index (χ0n) is 21.1. The molecule has 3 aromatic heterocycles. The minimum Gasteiger partial charge on any atom is -0.391 e. The van der Waals surface area contributed by atoms with Crippen molar-refractivity contribution in [1.29, 1.82) is 0 Å². The van der Waals surface area contributed by atoms with Gasteiger partial charge in [-0.15, -0.1) is 0 Å². The summed E-state index contributed by atoms with van der Waals surface area (Å²) in [5.41, 5.74) is 2.91. The van der Waals surface area contributed by atoms with Gasteiger partial charge in [0.2, 0.25) is 0 Å². The molecule has 11 heteroatoms. The van der Waals surface area contributed by atoms with Crippen molar-refractivity contribution in [1.82, 2.24) is 25.1 Å². The van der Waals surface area contributed by atoms with Gasteiger partial charge in [0, 0.05) is 35.6 Å². The van der Waals surface area contributed by atoms with Gasteiger partial charge in [0.15, 0.2) is 10.9 Å². The minimum atomic E-state index is -0.509. The summed E-state index contributed by atoms with van der Waals surface area (Å²) >= 11 is 1.63. The van der Waals surface area contributed by atoms with Crippen molar-refractivity contribution < 1.29 is 14.6 Å². The van der Waals surface area contributed by atoms with Gasteiger partial charge in [-0.05, 0) is 38.8 Å². The molecular weight excluding hydrogens is 490 g/mol. The number of aliphatic hydroxyl groups excluding tert-OH is 1. The Kier molecular flexibility index (Phi) is 7.45. The topological polar surface area (TPSA) is 118 Å². The molecule has 0 bridgehead atoms. The molecule has 1 amide bonds. The maximum atomic E-state index is 13.1. The molecule has 3 aromatic rings. The molecule has 1 atom stereocenters. The largest absolute Gasteiger partial charge is 0.391 e. The molecule has 2 fully saturated rings. The first-order chi connectivity index (χ1) is 17.9. The number of amides is 1. The number of carbonyl (C=O) groups is 1. The van der Waals surface area contributed by atoms with Crippen LogP contribution in [0.15, 0.2) is 47.9 Å². The lowest BCUT2D eigenvalue weighted by Crippen LogP contribution is -2.36. The lowest BCUT2D eigenvalue weighted by atomic mass is 10.1. The highest BCUT2D eigenvalue weighted by molar-refractivity contribution is 7.16. The molecule has 0 radical (unpaired) electrons. The van der Waals surface area contributed by atoms with Crippen LogP contribution in [-0.2, 0) is 11.3 Å². The molecule has 2 aliphatic rings. The molecule has 4 heterocycles. The van der Waals surface area contributed by atoms with E-state index in [4.69, 9.17) is 14.7 Å². The Morgan fingerprint density at radius 1 is 1.32 bits per heavy atom. The monoisotopic (exact) mass is 521 g/mol. The van der Waals surface area contributed by atoms with Crippen LogP contribution in [0.5, 0.6) is 0 Å². The van der Waals surface area contributed by atoms with Crippen LogP contribution < -0.4 is 10.2 Å². The molecule has 1 saturated carbocycles. The number of aliphatic imine (C=N–C) groups is 1. The molecule has 10 nitrogen and oxygen atoms in total. The number of hydrogen-bond acceptors (Lipinski definition) is 9. The average molecular weight is 522 g/mol. The summed E-state index contributed by atoms with van der Waals surface area (Å²) in [6.45, 7) is 11.3. The van der Waals surface area contributed by atoms with Crippen molar-refractivity contribution in [3.8, 4) is 11.3 Å². The van der Waals surface area contributed by atoms with E-state index in [1.165, 1.54) is 0 Å². The van der Waals surface area contributed by atoms with Crippen molar-refractivity contribution in [3.05, 3.63) is 53.4 Å². The molecule has 1 aliphatic heterocycles. The molecule has 37 heavy (non-hydrogen) atoms. The summed E-state index contributed by atoms with van der Waals surface area (Å²) in [6, 6.07) is 5.27. The number of morpholine rings is 1. The SMILES string of the molecule is C=C(NC(=O)c1cccc(-c2cnn(C[C@H](C)O)c2)n1)C(=Nc1nc(N2CCOCC2)sc1C)C1CC1. The summed E-state index contributed by atoms with van der Waals surface area (Å²) in [4.78, 5) is 30.5. The van der Waals surface area contributed by atoms with Gasteiger partial charge in [0.1, 0.15) is 5.69 Å². The number of aromatic nitrogens is 4. The number of aliphatic hydroxyl groups is 1. The average Bonchev–Trinajstić information content (AvgIpc) is 3.51. The molecule has 0 spiro atoms. The predicted octanol–water partition coefficient (Wildman–Crippen LogP) is 3.35. The second-order valence-corrected chi connectivity index (χ2v) is 10.6. The third-order valence-corrected chi connectivity index (χ3v) is 7.19. The van der Waals surface area contributed by atoms with Crippen LogP contribution in [0, 0.1) is 12.8 Å². The molecule has 194 valence electrons. The van der Waals surface area contributed by atoms with Crippen molar-refractivity contribution in [3.63, 3.8) is 0 Å². The van der Waals surface area contributed by atoms with Crippen LogP contribution in [0.3, 0.4) is 0 Å². The third-order valence-electron chi connectivity index (χ3n) is 6.17. The zero-order valence-corrected chi connectivity index (χ0v) is 21.9. The predicted molar refractivity (Wildman–Crippen MR) is 143 cm³/mol. The number of aryl methyl sites for hydroxylation is 1. The van der Waals surface area contributed by atoms with Gasteiger partial charge in [0.05, 0.1) is 49.2 Å². The van der Waals surface area contributed by atoms with Crippen molar-refractivity contribution >= 4 is 33.9 Å². The Bertz CT molecular complexity index is 1320. The number of rotatable bonds is 9. The van der Waals surface area contributed by atoms with Gasteiger partial charge < -0.3 is 20.1 Å². The van der Waals surface area contributed by atoms with E-state index >= 15 is 0 Å². The van der Waals surface area contributed by atoms with E-state index in [-0.39, 0.29) is 17.5 Å². The quantitative estimate of drug-likeness (QED) is 0.415. The molecule has 0 aromatic carbocycles. The fourth-order valence-corrected chi connectivity index (χ4v) is 5.00. The van der Waals surface area contributed by atoms with Gasteiger partial charge in [-0.3, -0.25) is 9.48 Å². The molecule has 2 N–H and O–H groups in total. The summed E-state index contributed by atoms with van der Waals surface area (Å²) in [6.07, 6.45) is 4.99. The number of hydrogen-bond donors (Lipinski definition) is 2. The third kappa shape index (κ3) is 6.12. The number of thiazole rings is 1. The maximum Gasteiger partial charge on any atom is 0.274 e. The van der Waals surface area contributed by atoms with Crippen LogP contribution in [0.2, 0.25) is 0 Å². The number of anilines is 1. The van der Waals surface area contributed by atoms with Gasteiger partial charge in [-0.25, -0.2) is 15.0 Å². The van der Waals surface area contributed by atoms with Crippen molar-refractivity contribution in [2.45, 2.75) is 39.3 Å². The number of pyridine rings is 1. The lowest BCUT2D eigenvalue weighted by molar-refractivity contribution is 0.0963. The van der Waals surface area contributed by atoms with Crippen molar-refractivity contribution in [2.24, 2.45) is 10.9 Å². The van der Waals surface area contributed by atoms with Crippen molar-refractivity contribution in [2.75, 3.05) is 31.2 Å². The standard InChI is InChI=1S/C26H31N7O3S/c1-16(34)14-33-15-20(13-27-33)21-5-4-6-22(29-21)25(35)28-17(2)23(19-7-8-19)30-24-18(3)37-26(31-24)32-9-11-36-12-10-32/h4-6,13,15-16,19,34H,2,7-12,14H2,1,3H3,(H,28,35)/t16-/m0/s1. The Balaban J connectivity index is 1.31. The second-order valence-electron chi connectivity index (χ2n) is 9.39. The lowest BCUT2D eigenvalue weighted by Gasteiger charge is -2.25. The molecule has 1 aliphatic carbocycles. The highest BCUT2D eigenvalue weighted by Gasteiger charge is 2.31. The van der Waals surface area contributed by atoms with Crippen LogP contribution >= 0.6 is 11.3 Å². The minimum absolute atomic E-state index is 0.264. The van der Waals surface area contributed by atoms with Crippen LogP contribution in [0.4, 0.5) is 10.9 Å². The molecule has 5 rings (SSSR count). The number of nitrogens with zero attached hydrogens (tertiary/aromatic N) is 6. The Morgan fingerprint density at radius 2 is 2.11 bits per heavy atom.